The number of carbonyl (C=O) groups excluding carboxylic acids is 1. The number of thiazole rings is 1. The normalized spacial score (nSPS) is 16.1. The molecule has 0 spiro atoms. The van der Waals surface area contributed by atoms with Crippen LogP contribution in [0.25, 0.3) is 0 Å². The first-order valence-corrected chi connectivity index (χ1v) is 12.5. The number of carbonyl (C=O) groups is 1. The number of likely N-dealkylation sites (N-methyl/N-ethyl adjacent to an activating group) is 1. The lowest BCUT2D eigenvalue weighted by Crippen LogP contribution is -2.52. The topological polar surface area (TPSA) is 73.8 Å². The van der Waals surface area contributed by atoms with Crippen LogP contribution in [0.3, 0.4) is 0 Å². The van der Waals surface area contributed by atoms with E-state index in [1.807, 2.05) is 17.3 Å². The molecule has 0 saturated carbocycles. The van der Waals surface area contributed by atoms with E-state index >= 15 is 0 Å². The molecule has 0 atom stereocenters. The summed E-state index contributed by atoms with van der Waals surface area (Å²) in [5.74, 6) is 0.00432. The van der Waals surface area contributed by atoms with Crippen LogP contribution >= 0.6 is 34.3 Å². The van der Waals surface area contributed by atoms with Crippen molar-refractivity contribution in [2.24, 2.45) is 0 Å². The molecule has 0 aromatic carbocycles. The van der Waals surface area contributed by atoms with Crippen molar-refractivity contribution in [2.75, 3.05) is 39.8 Å². The molecular formula is C17H23ClN4O3S3. The van der Waals surface area contributed by atoms with Crippen molar-refractivity contribution >= 4 is 50.2 Å². The maximum Gasteiger partial charge on any atom is 0.252 e. The lowest BCUT2D eigenvalue weighted by molar-refractivity contribution is -0.133. The fourth-order valence-electron chi connectivity index (χ4n) is 2.99. The number of aryl methyl sites for hydroxylation is 1. The number of hydrogen-bond donors (Lipinski definition) is 0. The van der Waals surface area contributed by atoms with E-state index in [1.54, 1.807) is 22.3 Å². The monoisotopic (exact) mass is 462 g/mol. The molecule has 3 rings (SSSR count). The molecule has 1 saturated heterocycles. The molecule has 1 fully saturated rings. The molecule has 2 aromatic rings. The number of hydrogen-bond acceptors (Lipinski definition) is 7. The van der Waals surface area contributed by atoms with Gasteiger partial charge in [-0.2, -0.15) is 4.31 Å². The average molecular weight is 463 g/mol. The number of halogens is 1. The Morgan fingerprint density at radius 2 is 2.00 bits per heavy atom. The van der Waals surface area contributed by atoms with Gasteiger partial charge in [-0.25, -0.2) is 13.4 Å². The van der Waals surface area contributed by atoms with Gasteiger partial charge in [0.05, 0.1) is 21.6 Å². The summed E-state index contributed by atoms with van der Waals surface area (Å²) in [5.41, 5.74) is 0.975. The van der Waals surface area contributed by atoms with Crippen molar-refractivity contribution in [1.82, 2.24) is 19.1 Å². The van der Waals surface area contributed by atoms with Gasteiger partial charge in [0.25, 0.3) is 10.0 Å². The highest BCUT2D eigenvalue weighted by Gasteiger charge is 2.31. The van der Waals surface area contributed by atoms with Crippen molar-refractivity contribution in [3.63, 3.8) is 0 Å². The molecule has 1 aliphatic rings. The minimum atomic E-state index is -3.54. The van der Waals surface area contributed by atoms with Gasteiger partial charge in [0.15, 0.2) is 0 Å². The van der Waals surface area contributed by atoms with Crippen LogP contribution in [-0.2, 0) is 27.8 Å². The number of aromatic nitrogens is 1. The Morgan fingerprint density at radius 1 is 1.29 bits per heavy atom. The largest absolute Gasteiger partial charge is 0.339 e. The third kappa shape index (κ3) is 5.11. The molecule has 28 heavy (non-hydrogen) atoms. The SMILES string of the molecule is CCc1nc(CN(C)CC(=O)N2CCN(S(=O)(=O)c3ccc(Cl)s3)CC2)cs1. The lowest BCUT2D eigenvalue weighted by atomic mass is 10.3. The summed E-state index contributed by atoms with van der Waals surface area (Å²) in [4.78, 5) is 20.8. The van der Waals surface area contributed by atoms with Crippen LogP contribution in [0, 0.1) is 0 Å². The van der Waals surface area contributed by atoms with Gasteiger partial charge < -0.3 is 4.90 Å². The smallest absolute Gasteiger partial charge is 0.252 e. The highest BCUT2D eigenvalue weighted by atomic mass is 35.5. The van der Waals surface area contributed by atoms with Crippen molar-refractivity contribution in [3.05, 3.63) is 32.6 Å². The first kappa shape index (κ1) is 21.7. The van der Waals surface area contributed by atoms with E-state index < -0.39 is 10.0 Å². The van der Waals surface area contributed by atoms with Gasteiger partial charge in [-0.3, -0.25) is 9.69 Å². The molecule has 0 radical (unpaired) electrons. The van der Waals surface area contributed by atoms with Crippen LogP contribution < -0.4 is 0 Å². The summed E-state index contributed by atoms with van der Waals surface area (Å²) in [6.07, 6.45) is 0.915. The number of thiophene rings is 1. The fourth-order valence-corrected chi connectivity index (χ4v) is 6.78. The minimum absolute atomic E-state index is 0.00432. The van der Waals surface area contributed by atoms with E-state index in [1.165, 1.54) is 10.4 Å². The van der Waals surface area contributed by atoms with Gasteiger partial charge in [-0.1, -0.05) is 18.5 Å². The third-order valence-electron chi connectivity index (χ3n) is 4.47. The first-order valence-electron chi connectivity index (χ1n) is 8.94. The molecule has 3 heterocycles. The number of piperazine rings is 1. The Labute approximate surface area is 178 Å². The second-order valence-corrected chi connectivity index (χ2v) is 11.4. The Bertz CT molecular complexity index is 920. The molecule has 0 bridgehead atoms. The molecule has 0 aliphatic carbocycles. The maximum atomic E-state index is 12.6. The molecule has 1 amide bonds. The van der Waals surface area contributed by atoms with Crippen molar-refractivity contribution < 1.29 is 13.2 Å². The van der Waals surface area contributed by atoms with Crippen LogP contribution in [0.1, 0.15) is 17.6 Å². The zero-order valence-corrected chi connectivity index (χ0v) is 19.0. The van der Waals surface area contributed by atoms with Gasteiger partial charge in [0, 0.05) is 38.1 Å². The van der Waals surface area contributed by atoms with Crippen molar-refractivity contribution in [2.45, 2.75) is 24.1 Å². The Balaban J connectivity index is 1.50. The predicted octanol–water partition coefficient (Wildman–Crippen LogP) is 2.39. The van der Waals surface area contributed by atoms with Crippen molar-refractivity contribution in [3.8, 4) is 0 Å². The molecule has 7 nitrogen and oxygen atoms in total. The summed E-state index contributed by atoms with van der Waals surface area (Å²) in [6, 6.07) is 3.11. The second kappa shape index (κ2) is 9.19. The Kier molecular flexibility index (Phi) is 7.11. The van der Waals surface area contributed by atoms with Gasteiger partial charge in [-0.05, 0) is 25.6 Å². The van der Waals surface area contributed by atoms with Crippen LogP contribution in [0.5, 0.6) is 0 Å². The van der Waals surface area contributed by atoms with E-state index in [4.69, 9.17) is 11.6 Å². The van der Waals surface area contributed by atoms with E-state index in [0.29, 0.717) is 37.1 Å². The van der Waals surface area contributed by atoms with Crippen molar-refractivity contribution in [1.29, 1.82) is 0 Å². The molecule has 0 N–H and O–H groups in total. The first-order chi connectivity index (χ1) is 13.3. The number of rotatable bonds is 7. The lowest BCUT2D eigenvalue weighted by Gasteiger charge is -2.34. The maximum absolute atomic E-state index is 12.6. The predicted molar refractivity (Wildman–Crippen MR) is 112 cm³/mol. The number of nitrogens with zero attached hydrogens (tertiary/aromatic N) is 4. The Morgan fingerprint density at radius 3 is 2.57 bits per heavy atom. The Hall–Kier alpha value is -1.04. The van der Waals surface area contributed by atoms with Gasteiger partial charge in [0.2, 0.25) is 5.91 Å². The summed E-state index contributed by atoms with van der Waals surface area (Å²) >= 11 is 8.55. The fraction of sp³-hybridized carbons (Fsp3) is 0.529. The molecule has 154 valence electrons. The summed E-state index contributed by atoms with van der Waals surface area (Å²) in [7, 11) is -1.65. The van der Waals surface area contributed by atoms with Crippen LogP contribution in [0.15, 0.2) is 21.7 Å². The van der Waals surface area contributed by atoms with Gasteiger partial charge >= 0.3 is 0 Å². The molecular weight excluding hydrogens is 440 g/mol. The van der Waals surface area contributed by atoms with Gasteiger partial charge in [0.1, 0.15) is 4.21 Å². The summed E-state index contributed by atoms with van der Waals surface area (Å²) < 4.78 is 27.4. The minimum Gasteiger partial charge on any atom is -0.339 e. The second-order valence-electron chi connectivity index (χ2n) is 6.60. The van der Waals surface area contributed by atoms with Crippen LogP contribution in [0.2, 0.25) is 4.34 Å². The molecule has 0 unspecified atom stereocenters. The molecule has 1 aliphatic heterocycles. The van der Waals surface area contributed by atoms with E-state index in [9.17, 15) is 13.2 Å². The highest BCUT2D eigenvalue weighted by molar-refractivity contribution is 7.91. The zero-order chi connectivity index (χ0) is 20.3. The number of amides is 1. The van der Waals surface area contributed by atoms with Gasteiger partial charge in [-0.15, -0.1) is 22.7 Å². The van der Waals surface area contributed by atoms with E-state index in [2.05, 4.69) is 11.9 Å². The average Bonchev–Trinajstić information content (AvgIpc) is 3.30. The third-order valence-corrected chi connectivity index (χ3v) is 9.11. The van der Waals surface area contributed by atoms with E-state index in [-0.39, 0.29) is 16.7 Å². The highest BCUT2D eigenvalue weighted by Crippen LogP contribution is 2.28. The van der Waals surface area contributed by atoms with E-state index in [0.717, 1.165) is 28.5 Å². The van der Waals surface area contributed by atoms with Crippen LogP contribution in [-0.4, -0.2) is 73.2 Å². The molecule has 11 heteroatoms. The quantitative estimate of drug-likeness (QED) is 0.631. The zero-order valence-electron chi connectivity index (χ0n) is 15.8. The van der Waals surface area contributed by atoms with Crippen LogP contribution in [0.4, 0.5) is 0 Å². The summed E-state index contributed by atoms with van der Waals surface area (Å²) in [6.45, 7) is 4.34. The summed E-state index contributed by atoms with van der Waals surface area (Å²) in [5, 5.41) is 3.12. The standard InChI is InChI=1S/C17H23ClN4O3S3/c1-3-15-19-13(12-26-15)10-20(2)11-16(23)21-6-8-22(9-7-21)28(24,25)17-5-4-14(18)27-17/h4-5,12H,3,6-11H2,1-2H3. The molecule has 2 aromatic heterocycles. The number of sulfonamides is 1.